The van der Waals surface area contributed by atoms with Crippen LogP contribution in [0.4, 0.5) is 0 Å². The first-order chi connectivity index (χ1) is 4.81. The van der Waals surface area contributed by atoms with Gasteiger partial charge < -0.3 is 9.87 Å². The molecule has 0 saturated carbocycles. The van der Waals surface area contributed by atoms with Crippen LogP contribution in [0.1, 0.15) is 13.3 Å². The monoisotopic (exact) mass is 163 g/mol. The molecule has 1 amide bonds. The Hall–Kier alpha value is -0.220. The van der Waals surface area contributed by atoms with Crippen LogP contribution in [-0.2, 0) is 16.0 Å². The van der Waals surface area contributed by atoms with Crippen LogP contribution in [0.2, 0.25) is 0 Å². The van der Waals surface area contributed by atoms with Gasteiger partial charge in [-0.3, -0.25) is 4.79 Å². The highest BCUT2D eigenvalue weighted by molar-refractivity contribution is 7.91. The minimum Gasteiger partial charge on any atom is -0.616 e. The predicted molar refractivity (Wildman–Crippen MR) is 42.2 cm³/mol. The Kier molecular flexibility index (Phi) is 6.74. The van der Waals surface area contributed by atoms with Crippen molar-refractivity contribution in [2.24, 2.45) is 0 Å². The van der Waals surface area contributed by atoms with E-state index in [1.807, 2.05) is 6.92 Å². The van der Waals surface area contributed by atoms with Crippen LogP contribution in [0.25, 0.3) is 0 Å². The molecule has 0 rings (SSSR count). The summed E-state index contributed by atoms with van der Waals surface area (Å²) in [6, 6.07) is 0. The van der Waals surface area contributed by atoms with Gasteiger partial charge in [-0.1, -0.05) is 11.2 Å². The highest BCUT2D eigenvalue weighted by atomic mass is 32.2. The van der Waals surface area contributed by atoms with E-state index in [0.29, 0.717) is 24.5 Å². The van der Waals surface area contributed by atoms with E-state index in [9.17, 15) is 9.35 Å². The van der Waals surface area contributed by atoms with Gasteiger partial charge in [0.25, 0.3) is 0 Å². The average molecular weight is 163 g/mol. The Morgan fingerprint density at radius 1 is 1.70 bits per heavy atom. The molecular weight excluding hydrogens is 150 g/mol. The van der Waals surface area contributed by atoms with Gasteiger partial charge in [-0.2, -0.15) is 0 Å². The number of amides is 1. The number of carbonyl (C=O) groups is 1. The molecule has 0 spiro atoms. The summed E-state index contributed by atoms with van der Waals surface area (Å²) >= 11 is -0.686. The zero-order valence-electron chi connectivity index (χ0n) is 6.13. The molecule has 0 aliphatic heterocycles. The molecule has 4 heteroatoms. The van der Waals surface area contributed by atoms with E-state index < -0.39 is 11.2 Å². The minimum absolute atomic E-state index is 0.634. The van der Waals surface area contributed by atoms with E-state index in [2.05, 4.69) is 5.32 Å². The number of rotatable bonds is 6. The van der Waals surface area contributed by atoms with Crippen LogP contribution in [0.5, 0.6) is 0 Å². The number of carbonyl (C=O) groups excluding carboxylic acids is 1. The lowest BCUT2D eigenvalue weighted by molar-refractivity contribution is -0.109. The van der Waals surface area contributed by atoms with Crippen molar-refractivity contribution in [3.63, 3.8) is 0 Å². The number of nitrogens with one attached hydrogen (secondary N) is 1. The normalized spacial score (nSPS) is 12.6. The summed E-state index contributed by atoms with van der Waals surface area (Å²) in [7, 11) is 0. The summed E-state index contributed by atoms with van der Waals surface area (Å²) in [4.78, 5) is 9.73. The second-order valence-electron chi connectivity index (χ2n) is 1.86. The molecule has 0 aromatic heterocycles. The third-order valence-electron chi connectivity index (χ3n) is 1.10. The van der Waals surface area contributed by atoms with Crippen LogP contribution < -0.4 is 5.32 Å². The molecule has 0 fully saturated rings. The quantitative estimate of drug-likeness (QED) is 0.337. The third-order valence-corrected chi connectivity index (χ3v) is 2.49. The van der Waals surface area contributed by atoms with E-state index in [4.69, 9.17) is 0 Å². The molecule has 60 valence electrons. The van der Waals surface area contributed by atoms with Crippen molar-refractivity contribution < 1.29 is 9.35 Å². The van der Waals surface area contributed by atoms with Gasteiger partial charge in [0.2, 0.25) is 6.41 Å². The molecule has 0 aromatic carbocycles. The van der Waals surface area contributed by atoms with Gasteiger partial charge in [-0.05, 0) is 6.92 Å². The van der Waals surface area contributed by atoms with Crippen LogP contribution in [0.3, 0.4) is 0 Å². The van der Waals surface area contributed by atoms with Crippen molar-refractivity contribution in [2.45, 2.75) is 13.3 Å². The second-order valence-corrected chi connectivity index (χ2v) is 3.72. The SMILES string of the molecule is CC[S+]([O-])CCCNC=O. The molecule has 3 nitrogen and oxygen atoms in total. The predicted octanol–water partition coefficient (Wildman–Crippen LogP) is -0.109. The third kappa shape index (κ3) is 5.91. The van der Waals surface area contributed by atoms with Gasteiger partial charge in [0.1, 0.15) is 11.5 Å². The maximum atomic E-state index is 10.8. The van der Waals surface area contributed by atoms with E-state index in [0.717, 1.165) is 6.42 Å². The Bertz CT molecular complexity index is 89.8. The smallest absolute Gasteiger partial charge is 0.207 e. The molecule has 0 aliphatic carbocycles. The molecular formula is C6H13NO2S. The summed E-state index contributed by atoms with van der Waals surface area (Å²) in [6.07, 6.45) is 1.47. The average Bonchev–Trinajstić information content (AvgIpc) is 1.98. The van der Waals surface area contributed by atoms with Gasteiger partial charge in [-0.25, -0.2) is 0 Å². The Labute approximate surface area is 64.4 Å². The minimum atomic E-state index is -0.686. The largest absolute Gasteiger partial charge is 0.616 e. The van der Waals surface area contributed by atoms with E-state index in [-0.39, 0.29) is 0 Å². The lowest BCUT2D eigenvalue weighted by Crippen LogP contribution is -2.17. The second kappa shape index (κ2) is 6.89. The van der Waals surface area contributed by atoms with E-state index in [1.165, 1.54) is 0 Å². The van der Waals surface area contributed by atoms with Gasteiger partial charge in [0, 0.05) is 13.0 Å². The Morgan fingerprint density at radius 2 is 2.40 bits per heavy atom. The van der Waals surface area contributed by atoms with Crippen molar-refractivity contribution in [2.75, 3.05) is 18.1 Å². The van der Waals surface area contributed by atoms with Crippen molar-refractivity contribution >= 4 is 17.6 Å². The molecule has 0 heterocycles. The van der Waals surface area contributed by atoms with Crippen LogP contribution in [0.15, 0.2) is 0 Å². The Morgan fingerprint density at radius 3 is 2.90 bits per heavy atom. The van der Waals surface area contributed by atoms with Gasteiger partial charge in [0.15, 0.2) is 0 Å². The van der Waals surface area contributed by atoms with Crippen LogP contribution >= 0.6 is 0 Å². The molecule has 10 heavy (non-hydrogen) atoms. The van der Waals surface area contributed by atoms with Crippen molar-refractivity contribution in [1.82, 2.24) is 5.32 Å². The summed E-state index contributed by atoms with van der Waals surface area (Å²) in [5, 5.41) is 2.51. The zero-order chi connectivity index (χ0) is 7.82. The highest BCUT2D eigenvalue weighted by Crippen LogP contribution is 1.91. The Balaban J connectivity index is 2.95. The fourth-order valence-electron chi connectivity index (χ4n) is 0.538. The van der Waals surface area contributed by atoms with Gasteiger partial charge >= 0.3 is 0 Å². The van der Waals surface area contributed by atoms with Crippen LogP contribution in [-0.4, -0.2) is 29.0 Å². The fraction of sp³-hybridized carbons (Fsp3) is 0.833. The maximum Gasteiger partial charge on any atom is 0.207 e. The molecule has 0 radical (unpaired) electrons. The van der Waals surface area contributed by atoms with Gasteiger partial charge in [0.05, 0.1) is 0 Å². The standard InChI is InChI=1S/C6H13NO2S/c1-2-10(9)5-3-4-7-6-8/h6H,2-5H2,1H3,(H,7,8). The first kappa shape index (κ1) is 9.78. The fourth-order valence-corrected chi connectivity index (χ4v) is 1.29. The lowest BCUT2D eigenvalue weighted by atomic mass is 10.5. The summed E-state index contributed by atoms with van der Waals surface area (Å²) in [5.74, 6) is 1.40. The first-order valence-electron chi connectivity index (χ1n) is 3.33. The molecule has 0 aliphatic rings. The summed E-state index contributed by atoms with van der Waals surface area (Å²) in [6.45, 7) is 2.53. The van der Waals surface area contributed by atoms with Crippen LogP contribution in [0, 0.1) is 0 Å². The highest BCUT2D eigenvalue weighted by Gasteiger charge is 1.99. The zero-order valence-corrected chi connectivity index (χ0v) is 6.95. The van der Waals surface area contributed by atoms with Gasteiger partial charge in [-0.15, -0.1) is 0 Å². The number of hydrogen-bond donors (Lipinski definition) is 1. The van der Waals surface area contributed by atoms with Crippen molar-refractivity contribution in [3.8, 4) is 0 Å². The van der Waals surface area contributed by atoms with Crippen molar-refractivity contribution in [1.29, 1.82) is 0 Å². The topological polar surface area (TPSA) is 52.2 Å². The first-order valence-corrected chi connectivity index (χ1v) is 4.82. The van der Waals surface area contributed by atoms with Crippen molar-refractivity contribution in [3.05, 3.63) is 0 Å². The summed E-state index contributed by atoms with van der Waals surface area (Å²) in [5.41, 5.74) is 0. The molecule has 1 N–H and O–H groups in total. The molecule has 1 unspecified atom stereocenters. The maximum absolute atomic E-state index is 10.8. The lowest BCUT2D eigenvalue weighted by Gasteiger charge is -2.06. The van der Waals surface area contributed by atoms with E-state index in [1.54, 1.807) is 0 Å². The molecule has 0 saturated heterocycles. The number of hydrogen-bond acceptors (Lipinski definition) is 2. The molecule has 0 aromatic rings. The molecule has 0 bridgehead atoms. The van der Waals surface area contributed by atoms with E-state index >= 15 is 0 Å². The summed E-state index contributed by atoms with van der Waals surface area (Å²) < 4.78 is 10.8. The molecule has 1 atom stereocenters.